The van der Waals surface area contributed by atoms with Crippen molar-refractivity contribution in [2.24, 2.45) is 0 Å². The molecule has 8 heteroatoms. The first-order valence-electron chi connectivity index (χ1n) is 3.43. The van der Waals surface area contributed by atoms with Crippen molar-refractivity contribution in [1.29, 1.82) is 0 Å². The van der Waals surface area contributed by atoms with Gasteiger partial charge in [-0.2, -0.15) is 12.2 Å². The van der Waals surface area contributed by atoms with Gasteiger partial charge in [0.15, 0.2) is 0 Å². The van der Waals surface area contributed by atoms with Gasteiger partial charge in [-0.05, 0) is 0 Å². The fraction of sp³-hybridized carbons (Fsp3) is 0.200. The number of rotatable bonds is 0. The molecular weight excluding hydrogens is 649 g/mol. The van der Waals surface area contributed by atoms with Crippen molar-refractivity contribution >= 4 is 0 Å². The van der Waals surface area contributed by atoms with Crippen molar-refractivity contribution in [3.8, 4) is 0 Å². The number of hydrogen-bond donors (Lipinski definition) is 0. The van der Waals surface area contributed by atoms with Gasteiger partial charge < -0.3 is 88.2 Å². The quantitative estimate of drug-likeness (QED) is 0.227. The molecule has 0 bridgehead atoms. The standard InChI is InChI=1S/2C5H5.3BrH.3ClH.2Zr/c2*1-2-4-5-3-1;;;;;;;;/h2*1-3H,4H2;6*1H;;/q2*-1;;;;;;;2*+4/p-6. The van der Waals surface area contributed by atoms with Crippen LogP contribution in [0.3, 0.4) is 0 Å². The van der Waals surface area contributed by atoms with E-state index in [9.17, 15) is 0 Å². The van der Waals surface area contributed by atoms with Gasteiger partial charge in [0.05, 0.1) is 0 Å². The van der Waals surface area contributed by atoms with Crippen LogP contribution in [0, 0.1) is 12.2 Å². The number of hydrogen-bond acceptors (Lipinski definition) is 0. The van der Waals surface area contributed by atoms with Gasteiger partial charge >= 0.3 is 52.4 Å². The third kappa shape index (κ3) is 36.4. The maximum atomic E-state index is 2.99. The predicted octanol–water partition coefficient (Wildman–Crippen LogP) is -15.4. The van der Waals surface area contributed by atoms with E-state index >= 15 is 0 Å². The summed E-state index contributed by atoms with van der Waals surface area (Å²) in [5.74, 6) is 0. The summed E-state index contributed by atoms with van der Waals surface area (Å²) in [5.41, 5.74) is 0. The van der Waals surface area contributed by atoms with Crippen LogP contribution in [0.4, 0.5) is 0 Å². The molecule has 0 aromatic rings. The molecule has 0 aromatic carbocycles. The molecule has 100 valence electrons. The molecule has 0 amide bonds. The normalized spacial score (nSPS) is 9.78. The number of allylic oxidation sites excluding steroid dienone is 8. The molecule has 0 aromatic heterocycles. The molecule has 0 aliphatic heterocycles. The molecule has 0 unspecified atom stereocenters. The molecule has 0 saturated heterocycles. The molecule has 18 heavy (non-hydrogen) atoms. The molecule has 0 heterocycles. The first-order valence-corrected chi connectivity index (χ1v) is 3.43. The Morgan fingerprint density at radius 2 is 0.889 bits per heavy atom. The van der Waals surface area contributed by atoms with Gasteiger partial charge in [0.2, 0.25) is 0 Å². The summed E-state index contributed by atoms with van der Waals surface area (Å²) in [7, 11) is 0. The van der Waals surface area contributed by atoms with Gasteiger partial charge in [-0.3, -0.25) is 12.2 Å². The average molecular weight is 659 g/mol. The summed E-state index contributed by atoms with van der Waals surface area (Å²) in [6.07, 6.45) is 20.0. The van der Waals surface area contributed by atoms with Crippen molar-refractivity contribution in [3.05, 3.63) is 48.6 Å². The molecule has 2 aliphatic carbocycles. The van der Waals surface area contributed by atoms with Crippen LogP contribution < -0.4 is 88.2 Å². The van der Waals surface area contributed by atoms with Crippen molar-refractivity contribution in [1.82, 2.24) is 0 Å². The zero-order chi connectivity index (χ0) is 7.07. The Morgan fingerprint density at radius 3 is 0.944 bits per heavy atom. The van der Waals surface area contributed by atoms with Gasteiger partial charge in [0.25, 0.3) is 0 Å². The van der Waals surface area contributed by atoms with E-state index in [2.05, 4.69) is 24.3 Å². The molecule has 0 saturated carbocycles. The van der Waals surface area contributed by atoms with E-state index in [1.165, 1.54) is 0 Å². The molecule has 0 spiro atoms. The van der Waals surface area contributed by atoms with Gasteiger partial charge in [0, 0.05) is 0 Å². The van der Waals surface area contributed by atoms with Crippen LogP contribution in [-0.2, 0) is 52.4 Å². The van der Waals surface area contributed by atoms with Crippen molar-refractivity contribution in [2.75, 3.05) is 0 Å². The second-order valence-corrected chi connectivity index (χ2v) is 2.01. The van der Waals surface area contributed by atoms with Gasteiger partial charge in [0.1, 0.15) is 0 Å². The Kier molecular flexibility index (Phi) is 118. The zero-order valence-corrected chi connectivity index (χ0v) is 21.1. The van der Waals surface area contributed by atoms with E-state index in [1.54, 1.807) is 0 Å². The van der Waals surface area contributed by atoms with E-state index in [4.69, 9.17) is 0 Å². The fourth-order valence-corrected chi connectivity index (χ4v) is 0.680. The molecule has 0 N–H and O–H groups in total. The Morgan fingerprint density at radius 1 is 0.611 bits per heavy atom. The Bertz CT molecular complexity index is 169. The van der Waals surface area contributed by atoms with Crippen LogP contribution in [0.2, 0.25) is 0 Å². The van der Waals surface area contributed by atoms with E-state index in [-0.39, 0.29) is 141 Å². The fourth-order valence-electron chi connectivity index (χ4n) is 0.680. The first-order chi connectivity index (χ1) is 5.00. The van der Waals surface area contributed by atoms with Gasteiger partial charge in [-0.25, -0.2) is 24.3 Å². The topological polar surface area (TPSA) is 0 Å². The van der Waals surface area contributed by atoms with E-state index in [0.29, 0.717) is 0 Å². The van der Waals surface area contributed by atoms with Gasteiger partial charge in [-0.1, -0.05) is 0 Å². The molecule has 0 fully saturated rings. The molecule has 0 atom stereocenters. The maximum absolute atomic E-state index is 2.99. The van der Waals surface area contributed by atoms with Crippen LogP contribution >= 0.6 is 0 Å². The molecular formula is C10H10Br3Cl3Zr2. The predicted molar refractivity (Wildman–Crippen MR) is 43.1 cm³/mol. The second-order valence-electron chi connectivity index (χ2n) is 2.01. The van der Waals surface area contributed by atoms with Gasteiger partial charge in [-0.15, -0.1) is 12.8 Å². The van der Waals surface area contributed by atoms with Crippen LogP contribution in [0.25, 0.3) is 0 Å². The molecule has 0 radical (unpaired) electrons. The largest absolute Gasteiger partial charge is 4.00 e. The maximum Gasteiger partial charge on any atom is 4.00 e. The van der Waals surface area contributed by atoms with Crippen molar-refractivity contribution in [3.63, 3.8) is 0 Å². The molecule has 2 rings (SSSR count). The summed E-state index contributed by atoms with van der Waals surface area (Å²) >= 11 is 0. The summed E-state index contributed by atoms with van der Waals surface area (Å²) in [6.45, 7) is 0. The van der Waals surface area contributed by atoms with Crippen molar-refractivity contribution < 1.29 is 141 Å². The summed E-state index contributed by atoms with van der Waals surface area (Å²) < 4.78 is 0. The minimum absolute atomic E-state index is 0. The third-order valence-corrected chi connectivity index (χ3v) is 1.17. The van der Waals surface area contributed by atoms with Crippen molar-refractivity contribution in [2.45, 2.75) is 12.8 Å². The summed E-state index contributed by atoms with van der Waals surface area (Å²) in [4.78, 5) is 0. The van der Waals surface area contributed by atoms with Crippen LogP contribution in [0.1, 0.15) is 12.8 Å². The average Bonchev–Trinajstić information content (AvgIpc) is 2.67. The summed E-state index contributed by atoms with van der Waals surface area (Å²) in [6, 6.07) is 0. The number of halogens is 6. The SMILES string of the molecule is [Br-].[Br-].[Br-].[C-]1=CC=CC1.[C-]1=CC=CC1.[Cl-].[Cl-].[Cl-].[Zr+4].[Zr+4]. The zero-order valence-electron chi connectivity index (χ0n) is 9.15. The Labute approximate surface area is 199 Å². The minimum atomic E-state index is 0. The van der Waals surface area contributed by atoms with Crippen LogP contribution in [0.15, 0.2) is 36.5 Å². The van der Waals surface area contributed by atoms with Crippen LogP contribution in [-0.4, -0.2) is 0 Å². The Hall–Kier alpha value is 3.04. The van der Waals surface area contributed by atoms with E-state index < -0.39 is 0 Å². The summed E-state index contributed by atoms with van der Waals surface area (Å²) in [5, 5.41) is 0. The second kappa shape index (κ2) is 42.7. The monoisotopic (exact) mass is 652 g/mol. The van der Waals surface area contributed by atoms with E-state index in [1.807, 2.05) is 24.3 Å². The van der Waals surface area contributed by atoms with E-state index in [0.717, 1.165) is 12.8 Å². The third-order valence-electron chi connectivity index (χ3n) is 1.17. The van der Waals surface area contributed by atoms with Crippen LogP contribution in [0.5, 0.6) is 0 Å². The molecule has 0 nitrogen and oxygen atoms in total. The minimum Gasteiger partial charge on any atom is -1.00 e. The first kappa shape index (κ1) is 49.7. The smallest absolute Gasteiger partial charge is 1.00 e. The Balaban J connectivity index is -0.0000000128. The molecule has 2 aliphatic rings.